The molecule has 0 aliphatic carbocycles. The zero-order valence-corrected chi connectivity index (χ0v) is 18.6. The lowest BCUT2D eigenvalue weighted by Gasteiger charge is -2.21. The molecule has 166 valence electrons. The SMILES string of the molecule is CN1C[C@H](NC(=O)c2ccc(-n3ccccc3=O)cc2F)[C@H](NC(=O)c2ccc(Cl)s2)C1. The monoisotopic (exact) mass is 474 g/mol. The van der Waals surface area contributed by atoms with E-state index in [9.17, 15) is 18.8 Å². The highest BCUT2D eigenvalue weighted by Gasteiger charge is 2.34. The van der Waals surface area contributed by atoms with Gasteiger partial charge < -0.3 is 15.5 Å². The van der Waals surface area contributed by atoms with Crippen LogP contribution in [0.25, 0.3) is 5.69 Å². The summed E-state index contributed by atoms with van der Waals surface area (Å²) in [7, 11) is 1.88. The number of nitrogens with one attached hydrogen (secondary N) is 2. The largest absolute Gasteiger partial charge is 0.346 e. The molecule has 0 spiro atoms. The highest BCUT2D eigenvalue weighted by Crippen LogP contribution is 2.22. The average molecular weight is 475 g/mol. The highest BCUT2D eigenvalue weighted by atomic mass is 35.5. The molecule has 2 amide bonds. The molecular weight excluding hydrogens is 455 g/mol. The number of nitrogens with zero attached hydrogens (tertiary/aromatic N) is 2. The minimum Gasteiger partial charge on any atom is -0.346 e. The highest BCUT2D eigenvalue weighted by molar-refractivity contribution is 7.18. The summed E-state index contributed by atoms with van der Waals surface area (Å²) in [6.45, 7) is 1.04. The topological polar surface area (TPSA) is 83.4 Å². The second-order valence-electron chi connectivity index (χ2n) is 7.56. The number of likely N-dealkylation sites (N-methyl/N-ethyl adjacent to an activating group) is 1. The van der Waals surface area contributed by atoms with Crippen molar-refractivity contribution in [3.05, 3.63) is 85.7 Å². The Morgan fingerprint density at radius 1 is 1.06 bits per heavy atom. The maximum Gasteiger partial charge on any atom is 0.261 e. The molecule has 3 heterocycles. The molecule has 1 fully saturated rings. The normalized spacial score (nSPS) is 18.5. The molecule has 4 rings (SSSR count). The van der Waals surface area contributed by atoms with Crippen molar-refractivity contribution >= 4 is 34.8 Å². The van der Waals surface area contributed by atoms with Crippen molar-refractivity contribution < 1.29 is 14.0 Å². The number of carbonyl (C=O) groups is 2. The lowest BCUT2D eigenvalue weighted by molar-refractivity contribution is 0.0896. The van der Waals surface area contributed by atoms with Gasteiger partial charge in [-0.1, -0.05) is 17.7 Å². The molecule has 0 unspecified atom stereocenters. The summed E-state index contributed by atoms with van der Waals surface area (Å²) < 4.78 is 16.5. The van der Waals surface area contributed by atoms with Crippen LogP contribution in [-0.4, -0.2) is 53.5 Å². The van der Waals surface area contributed by atoms with E-state index in [4.69, 9.17) is 11.6 Å². The van der Waals surface area contributed by atoms with Gasteiger partial charge in [0.05, 0.1) is 32.5 Å². The van der Waals surface area contributed by atoms with Crippen molar-refractivity contribution in [3.63, 3.8) is 0 Å². The van der Waals surface area contributed by atoms with E-state index < -0.39 is 17.8 Å². The molecule has 2 aromatic heterocycles. The van der Waals surface area contributed by atoms with E-state index in [-0.39, 0.29) is 23.1 Å². The first kappa shape index (κ1) is 22.2. The van der Waals surface area contributed by atoms with Crippen LogP contribution in [0.5, 0.6) is 0 Å². The van der Waals surface area contributed by atoms with E-state index in [1.54, 1.807) is 24.3 Å². The first-order chi connectivity index (χ1) is 15.3. The molecule has 32 heavy (non-hydrogen) atoms. The quantitative estimate of drug-likeness (QED) is 0.595. The minimum absolute atomic E-state index is 0.137. The Morgan fingerprint density at radius 3 is 2.41 bits per heavy atom. The van der Waals surface area contributed by atoms with Gasteiger partial charge in [0.15, 0.2) is 0 Å². The van der Waals surface area contributed by atoms with Gasteiger partial charge in [0.1, 0.15) is 5.82 Å². The summed E-state index contributed by atoms with van der Waals surface area (Å²) in [5.74, 6) is -1.60. The Bertz CT molecular complexity index is 1230. The minimum atomic E-state index is -0.740. The number of rotatable bonds is 5. The first-order valence-corrected chi connectivity index (χ1v) is 11.0. The van der Waals surface area contributed by atoms with Crippen LogP contribution in [0.2, 0.25) is 4.34 Å². The molecule has 1 aliphatic heterocycles. The molecule has 10 heteroatoms. The predicted molar refractivity (Wildman–Crippen MR) is 121 cm³/mol. The molecule has 2 N–H and O–H groups in total. The van der Waals surface area contributed by atoms with E-state index in [0.29, 0.717) is 28.0 Å². The molecule has 1 aromatic carbocycles. The molecule has 0 bridgehead atoms. The Kier molecular flexibility index (Phi) is 6.40. The predicted octanol–water partition coefficient (Wildman–Crippen LogP) is 2.53. The van der Waals surface area contributed by atoms with Crippen molar-refractivity contribution in [1.29, 1.82) is 0 Å². The van der Waals surface area contributed by atoms with Gasteiger partial charge in [-0.25, -0.2) is 4.39 Å². The number of aromatic nitrogens is 1. The standard InChI is InChI=1S/C22H20ClFN4O3S/c1-27-11-16(17(12-27)26-22(31)18-7-8-19(23)32-18)25-21(30)14-6-5-13(10-15(14)24)28-9-3-2-4-20(28)29/h2-10,16-17H,11-12H2,1H3,(H,25,30)(H,26,31)/t16-,17+/m0/s1. The Labute approximate surface area is 192 Å². The Hall–Kier alpha value is -3.01. The van der Waals surface area contributed by atoms with Gasteiger partial charge in [0.25, 0.3) is 17.4 Å². The van der Waals surface area contributed by atoms with Crippen molar-refractivity contribution in [2.75, 3.05) is 20.1 Å². The molecule has 7 nitrogen and oxygen atoms in total. The second kappa shape index (κ2) is 9.23. The number of benzene rings is 1. The number of hydrogen-bond donors (Lipinski definition) is 2. The zero-order valence-electron chi connectivity index (χ0n) is 17.0. The van der Waals surface area contributed by atoms with Crippen LogP contribution in [0.4, 0.5) is 4.39 Å². The zero-order chi connectivity index (χ0) is 22.8. The molecular formula is C22H20ClFN4O3S. The number of carbonyl (C=O) groups excluding carboxylic acids is 2. The van der Waals surface area contributed by atoms with E-state index in [0.717, 1.165) is 6.07 Å². The summed E-state index contributed by atoms with van der Waals surface area (Å²) in [5.41, 5.74) is -0.115. The van der Waals surface area contributed by atoms with Crippen LogP contribution >= 0.6 is 22.9 Å². The average Bonchev–Trinajstić information content (AvgIpc) is 3.33. The fourth-order valence-electron chi connectivity index (χ4n) is 3.69. The van der Waals surface area contributed by atoms with Crippen LogP contribution in [0.3, 0.4) is 0 Å². The van der Waals surface area contributed by atoms with Crippen molar-refractivity contribution in [2.24, 2.45) is 0 Å². The summed E-state index contributed by atoms with van der Waals surface area (Å²) in [5, 5.41) is 5.74. The number of halogens is 2. The van der Waals surface area contributed by atoms with Crippen LogP contribution in [0.1, 0.15) is 20.0 Å². The van der Waals surface area contributed by atoms with Crippen LogP contribution < -0.4 is 16.2 Å². The molecule has 2 atom stereocenters. The van der Waals surface area contributed by atoms with E-state index in [2.05, 4.69) is 10.6 Å². The van der Waals surface area contributed by atoms with E-state index in [1.165, 1.54) is 40.3 Å². The number of pyridine rings is 1. The van der Waals surface area contributed by atoms with Gasteiger partial charge >= 0.3 is 0 Å². The number of likely N-dealkylation sites (tertiary alicyclic amines) is 1. The lowest BCUT2D eigenvalue weighted by atomic mass is 10.1. The third kappa shape index (κ3) is 4.74. The molecule has 1 saturated heterocycles. The van der Waals surface area contributed by atoms with Gasteiger partial charge in [-0.2, -0.15) is 0 Å². The maximum atomic E-state index is 14.7. The molecule has 1 aliphatic rings. The third-order valence-corrected chi connectivity index (χ3v) is 6.46. The summed E-state index contributed by atoms with van der Waals surface area (Å²) >= 11 is 7.08. The first-order valence-electron chi connectivity index (χ1n) is 9.85. The summed E-state index contributed by atoms with van der Waals surface area (Å²) in [6, 6.07) is 11.2. The van der Waals surface area contributed by atoms with Crippen molar-refractivity contribution in [2.45, 2.75) is 12.1 Å². The molecule has 0 saturated carbocycles. The van der Waals surface area contributed by atoms with Gasteiger partial charge in [-0.05, 0) is 43.4 Å². The van der Waals surface area contributed by atoms with Crippen LogP contribution in [-0.2, 0) is 0 Å². The van der Waals surface area contributed by atoms with E-state index in [1.807, 2.05) is 11.9 Å². The van der Waals surface area contributed by atoms with Crippen LogP contribution in [0.15, 0.2) is 59.5 Å². The number of amides is 2. The third-order valence-electron chi connectivity index (χ3n) is 5.23. The van der Waals surface area contributed by atoms with Gasteiger partial charge in [0.2, 0.25) is 0 Å². The Balaban J connectivity index is 1.48. The smallest absolute Gasteiger partial charge is 0.261 e. The van der Waals surface area contributed by atoms with Crippen molar-refractivity contribution in [1.82, 2.24) is 20.1 Å². The van der Waals surface area contributed by atoms with Gasteiger partial charge in [-0.3, -0.25) is 19.0 Å². The number of thiophene rings is 1. The fraction of sp³-hybridized carbons (Fsp3) is 0.227. The van der Waals surface area contributed by atoms with Gasteiger partial charge in [0, 0.05) is 25.4 Å². The maximum absolute atomic E-state index is 14.7. The van der Waals surface area contributed by atoms with Crippen LogP contribution in [0, 0.1) is 5.82 Å². The van der Waals surface area contributed by atoms with Crippen molar-refractivity contribution in [3.8, 4) is 5.69 Å². The second-order valence-corrected chi connectivity index (χ2v) is 9.27. The molecule has 3 aromatic rings. The Morgan fingerprint density at radius 2 is 1.78 bits per heavy atom. The fourth-order valence-corrected chi connectivity index (χ4v) is 4.64. The molecule has 0 radical (unpaired) electrons. The summed E-state index contributed by atoms with van der Waals surface area (Å²) in [6.07, 6.45) is 1.53. The van der Waals surface area contributed by atoms with E-state index >= 15 is 0 Å². The summed E-state index contributed by atoms with van der Waals surface area (Å²) in [4.78, 5) is 39.7. The van der Waals surface area contributed by atoms with Gasteiger partial charge in [-0.15, -0.1) is 11.3 Å². The number of hydrogen-bond acceptors (Lipinski definition) is 5. The lowest BCUT2D eigenvalue weighted by Crippen LogP contribution is -2.51.